The summed E-state index contributed by atoms with van der Waals surface area (Å²) in [7, 11) is 0. The molecule has 11 heteroatoms. The zero-order chi connectivity index (χ0) is 24.5. The molecule has 5 rings (SSSR count). The number of hydrogen-bond acceptors (Lipinski definition) is 6. The van der Waals surface area contributed by atoms with Crippen LogP contribution in [0.25, 0.3) is 0 Å². The highest BCUT2D eigenvalue weighted by Crippen LogP contribution is 2.52. The Morgan fingerprint density at radius 2 is 1.85 bits per heavy atom. The monoisotopic (exact) mass is 498 g/mol. The van der Waals surface area contributed by atoms with Crippen molar-refractivity contribution in [1.29, 1.82) is 0 Å². The Labute approximate surface area is 198 Å². The molecular weight excluding hydrogens is 473 g/mol. The summed E-state index contributed by atoms with van der Waals surface area (Å²) >= 11 is 1.52. The molecule has 0 aliphatic carbocycles. The van der Waals surface area contributed by atoms with Crippen LogP contribution in [0, 0.1) is 5.92 Å². The van der Waals surface area contributed by atoms with Gasteiger partial charge < -0.3 is 14.9 Å². The molecule has 0 radical (unpaired) electrons. The maximum Gasteiger partial charge on any atom is 0.490 e. The molecule has 2 bridgehead atoms. The first kappa shape index (κ1) is 24.6. The van der Waals surface area contributed by atoms with E-state index in [9.17, 15) is 23.1 Å². The van der Waals surface area contributed by atoms with Crippen molar-refractivity contribution in [2.45, 2.75) is 62.6 Å². The first-order valence-electron chi connectivity index (χ1n) is 11.0. The summed E-state index contributed by atoms with van der Waals surface area (Å²) in [6.45, 7) is 1.32. The topological polar surface area (TPSA) is 100.0 Å². The average Bonchev–Trinajstić information content (AvgIpc) is 3.46. The molecule has 4 heterocycles. The van der Waals surface area contributed by atoms with E-state index in [2.05, 4.69) is 34.1 Å². The summed E-state index contributed by atoms with van der Waals surface area (Å²) in [5, 5.41) is 18.8. The van der Waals surface area contributed by atoms with Crippen LogP contribution in [0.4, 0.5) is 13.2 Å². The van der Waals surface area contributed by atoms with Gasteiger partial charge in [-0.25, -0.2) is 9.78 Å². The number of alkyl halides is 3. The van der Waals surface area contributed by atoms with Crippen LogP contribution in [-0.2, 0) is 33.0 Å². The quantitative estimate of drug-likeness (QED) is 0.641. The summed E-state index contributed by atoms with van der Waals surface area (Å²) < 4.78 is 38.1. The van der Waals surface area contributed by atoms with Gasteiger partial charge in [-0.15, -0.1) is 11.3 Å². The van der Waals surface area contributed by atoms with E-state index in [1.54, 1.807) is 5.51 Å². The number of carbonyl (C=O) groups is 2. The van der Waals surface area contributed by atoms with Crippen molar-refractivity contribution in [3.05, 3.63) is 52.0 Å². The third kappa shape index (κ3) is 5.11. The Morgan fingerprint density at radius 1 is 1.21 bits per heavy atom. The Balaban J connectivity index is 0.000000344. The third-order valence-electron chi connectivity index (χ3n) is 6.88. The molecule has 1 spiro atoms. The number of carboxylic acid groups (broad SMARTS) is 2. The minimum atomic E-state index is -5.08. The molecule has 2 fully saturated rings. The number of fused-ring (bicyclic) bond motifs is 4. The second kappa shape index (κ2) is 9.63. The van der Waals surface area contributed by atoms with E-state index in [4.69, 9.17) is 14.6 Å². The lowest BCUT2D eigenvalue weighted by Crippen LogP contribution is -2.51. The van der Waals surface area contributed by atoms with Crippen LogP contribution in [-0.4, -0.2) is 56.8 Å². The van der Waals surface area contributed by atoms with E-state index >= 15 is 0 Å². The number of ether oxygens (including phenoxy) is 1. The number of halogens is 3. The van der Waals surface area contributed by atoms with Crippen LogP contribution in [0.15, 0.2) is 35.2 Å². The number of piperidine rings is 1. The van der Waals surface area contributed by atoms with Crippen LogP contribution < -0.4 is 0 Å². The van der Waals surface area contributed by atoms with Crippen LogP contribution in [0.1, 0.15) is 42.5 Å². The number of aromatic nitrogens is 1. The van der Waals surface area contributed by atoms with Crippen molar-refractivity contribution < 1.29 is 37.7 Å². The number of hydrogen-bond donors (Lipinski definition) is 2. The molecule has 2 aromatic rings. The first-order chi connectivity index (χ1) is 16.1. The van der Waals surface area contributed by atoms with E-state index in [0.717, 1.165) is 31.4 Å². The standard InChI is InChI=1S/C21H24N2O3S.C2HF3O2/c24-20(25)15(7-16-12-27-13-22-16)10-23-17-5-6-18(23)9-21(8-17)19-4-2-1-3-14(19)11-26-21;3-2(4,5)1(6)7/h1-4,12-13,15,17-18H,5-11H2,(H,24,25);(H,6,7). The predicted octanol–water partition coefficient (Wildman–Crippen LogP) is 4.07. The van der Waals surface area contributed by atoms with Crippen LogP contribution in [0.2, 0.25) is 0 Å². The SMILES string of the molecule is O=C(O)C(Cc1cscn1)CN1C2CCC1CC1(C2)OCc2ccccc21.O=C(O)C(F)(F)F. The first-order valence-corrected chi connectivity index (χ1v) is 11.9. The molecule has 1 aromatic carbocycles. The lowest BCUT2D eigenvalue weighted by molar-refractivity contribution is -0.192. The lowest BCUT2D eigenvalue weighted by Gasteiger charge is -2.45. The molecular formula is C23H25F3N2O5S. The zero-order valence-corrected chi connectivity index (χ0v) is 19.0. The molecule has 2 N–H and O–H groups in total. The Morgan fingerprint density at radius 3 is 2.41 bits per heavy atom. The van der Waals surface area contributed by atoms with Crippen molar-refractivity contribution in [3.8, 4) is 0 Å². The number of aliphatic carboxylic acids is 2. The Kier molecular flexibility index (Phi) is 6.97. The van der Waals surface area contributed by atoms with Gasteiger partial charge in [0.05, 0.1) is 29.3 Å². The van der Waals surface area contributed by atoms with Gasteiger partial charge in [-0.2, -0.15) is 13.2 Å². The molecule has 3 unspecified atom stereocenters. The van der Waals surface area contributed by atoms with E-state index in [0.29, 0.717) is 31.7 Å². The maximum absolute atomic E-state index is 11.9. The molecule has 34 heavy (non-hydrogen) atoms. The summed E-state index contributed by atoms with van der Waals surface area (Å²) in [5.41, 5.74) is 5.18. The molecule has 2 saturated heterocycles. The molecule has 3 aliphatic heterocycles. The fourth-order valence-corrected chi connectivity index (χ4v) is 5.96. The van der Waals surface area contributed by atoms with Gasteiger partial charge in [-0.05, 0) is 36.8 Å². The molecule has 184 valence electrons. The van der Waals surface area contributed by atoms with Crippen LogP contribution in [0.5, 0.6) is 0 Å². The summed E-state index contributed by atoms with van der Waals surface area (Å²) in [4.78, 5) is 27.5. The van der Waals surface area contributed by atoms with Gasteiger partial charge in [-0.3, -0.25) is 9.69 Å². The highest BCUT2D eigenvalue weighted by atomic mass is 32.1. The largest absolute Gasteiger partial charge is 0.490 e. The molecule has 3 aliphatic rings. The second-order valence-electron chi connectivity index (χ2n) is 8.95. The minimum absolute atomic E-state index is 0.160. The fourth-order valence-electron chi connectivity index (χ4n) is 5.39. The second-order valence-corrected chi connectivity index (χ2v) is 9.67. The minimum Gasteiger partial charge on any atom is -0.481 e. The van der Waals surface area contributed by atoms with Gasteiger partial charge in [0.1, 0.15) is 0 Å². The Bertz CT molecular complexity index is 1020. The zero-order valence-electron chi connectivity index (χ0n) is 18.2. The van der Waals surface area contributed by atoms with E-state index in [1.165, 1.54) is 22.5 Å². The number of benzene rings is 1. The smallest absolute Gasteiger partial charge is 0.481 e. The van der Waals surface area contributed by atoms with E-state index in [1.807, 2.05) is 5.38 Å². The van der Waals surface area contributed by atoms with Crippen molar-refractivity contribution in [3.63, 3.8) is 0 Å². The van der Waals surface area contributed by atoms with Crippen molar-refractivity contribution >= 4 is 23.3 Å². The fraction of sp³-hybridized carbons (Fsp3) is 0.522. The van der Waals surface area contributed by atoms with Gasteiger partial charge in [0.25, 0.3) is 0 Å². The van der Waals surface area contributed by atoms with Crippen molar-refractivity contribution in [1.82, 2.24) is 9.88 Å². The predicted molar refractivity (Wildman–Crippen MR) is 116 cm³/mol. The molecule has 1 aromatic heterocycles. The molecule has 3 atom stereocenters. The van der Waals surface area contributed by atoms with E-state index in [-0.39, 0.29) is 5.60 Å². The van der Waals surface area contributed by atoms with Crippen molar-refractivity contribution in [2.24, 2.45) is 5.92 Å². The average molecular weight is 499 g/mol. The highest BCUT2D eigenvalue weighted by Gasteiger charge is 2.52. The maximum atomic E-state index is 11.9. The lowest BCUT2D eigenvalue weighted by atomic mass is 9.79. The van der Waals surface area contributed by atoms with Gasteiger partial charge in [0.15, 0.2) is 0 Å². The Hall–Kier alpha value is -2.50. The van der Waals surface area contributed by atoms with Gasteiger partial charge >= 0.3 is 18.1 Å². The van der Waals surface area contributed by atoms with Crippen LogP contribution in [0.3, 0.4) is 0 Å². The van der Waals surface area contributed by atoms with Crippen molar-refractivity contribution in [2.75, 3.05) is 6.54 Å². The van der Waals surface area contributed by atoms with E-state index < -0.39 is 24.0 Å². The van der Waals surface area contributed by atoms with Crippen LogP contribution >= 0.6 is 11.3 Å². The normalized spacial score (nSPS) is 26.6. The number of carboxylic acids is 2. The van der Waals surface area contributed by atoms with Gasteiger partial charge in [-0.1, -0.05) is 24.3 Å². The van der Waals surface area contributed by atoms with Gasteiger partial charge in [0.2, 0.25) is 0 Å². The number of nitrogens with zero attached hydrogens (tertiary/aromatic N) is 2. The molecule has 7 nitrogen and oxygen atoms in total. The molecule has 0 saturated carbocycles. The summed E-state index contributed by atoms with van der Waals surface area (Å²) in [6.07, 6.45) is -0.339. The number of rotatable bonds is 5. The molecule has 0 amide bonds. The third-order valence-corrected chi connectivity index (χ3v) is 7.51. The van der Waals surface area contributed by atoms with Gasteiger partial charge in [0, 0.05) is 30.4 Å². The summed E-state index contributed by atoms with van der Waals surface area (Å²) in [5.74, 6) is -3.88. The highest BCUT2D eigenvalue weighted by molar-refractivity contribution is 7.07. The number of thiazole rings is 1. The summed E-state index contributed by atoms with van der Waals surface area (Å²) in [6, 6.07) is 9.41.